The highest BCUT2D eigenvalue weighted by molar-refractivity contribution is 6.44. The lowest BCUT2D eigenvalue weighted by atomic mass is 10.0. The number of carbonyl (C=O) groups excluding carboxylic acids is 1. The predicted molar refractivity (Wildman–Crippen MR) is 99.4 cm³/mol. The smallest absolute Gasteiger partial charge is 0.339 e. The first-order valence-corrected chi connectivity index (χ1v) is 8.91. The van der Waals surface area contributed by atoms with E-state index in [1.54, 1.807) is 19.2 Å². The minimum atomic E-state index is -1.00. The molecular weight excluding hydrogens is 379 g/mol. The van der Waals surface area contributed by atoms with Gasteiger partial charge in [-0.1, -0.05) is 23.2 Å². The van der Waals surface area contributed by atoms with Gasteiger partial charge in [-0.15, -0.1) is 0 Å². The van der Waals surface area contributed by atoms with Crippen LogP contribution in [-0.2, 0) is 0 Å². The minimum Gasteiger partial charge on any atom is -0.478 e. The van der Waals surface area contributed by atoms with Crippen molar-refractivity contribution in [2.75, 3.05) is 18.0 Å². The molecule has 3 heterocycles. The summed E-state index contributed by atoms with van der Waals surface area (Å²) in [5.41, 5.74) is 1.08. The van der Waals surface area contributed by atoms with Crippen LogP contribution in [0.4, 0.5) is 5.82 Å². The fraction of sp³-hybridized carbons (Fsp3) is 0.353. The first-order chi connectivity index (χ1) is 12.4. The van der Waals surface area contributed by atoms with E-state index in [9.17, 15) is 14.7 Å². The lowest BCUT2D eigenvalue weighted by molar-refractivity contribution is 0.0697. The molecule has 2 aromatic heterocycles. The van der Waals surface area contributed by atoms with E-state index in [0.717, 1.165) is 0 Å². The van der Waals surface area contributed by atoms with E-state index >= 15 is 0 Å². The molecule has 0 bridgehead atoms. The van der Waals surface area contributed by atoms with Gasteiger partial charge >= 0.3 is 5.97 Å². The van der Waals surface area contributed by atoms with Gasteiger partial charge in [-0.3, -0.25) is 4.79 Å². The van der Waals surface area contributed by atoms with Crippen LogP contribution in [0.2, 0.25) is 10.0 Å². The number of rotatable bonds is 4. The molecule has 1 aliphatic rings. The molecule has 1 saturated heterocycles. The summed E-state index contributed by atoms with van der Waals surface area (Å²) in [6.07, 6.45) is 2.92. The highest BCUT2D eigenvalue weighted by Gasteiger charge is 2.26. The predicted octanol–water partition coefficient (Wildman–Crippen LogP) is 3.12. The zero-order valence-corrected chi connectivity index (χ0v) is 15.6. The van der Waals surface area contributed by atoms with Crippen LogP contribution in [0, 0.1) is 6.92 Å². The number of nitrogens with one attached hydrogen (secondary N) is 2. The van der Waals surface area contributed by atoms with Crippen molar-refractivity contribution in [1.29, 1.82) is 0 Å². The molecule has 0 spiro atoms. The SMILES string of the molecule is Cc1[nH]c(C(=O)NC2CCN(c3ncccc3C(=O)O)CC2)c(Cl)c1Cl. The summed E-state index contributed by atoms with van der Waals surface area (Å²) in [5, 5.41) is 12.8. The number of carbonyl (C=O) groups is 2. The number of aromatic carboxylic acids is 1. The third-order valence-corrected chi connectivity index (χ3v) is 5.37. The number of aryl methyl sites for hydroxylation is 1. The molecule has 7 nitrogen and oxygen atoms in total. The maximum absolute atomic E-state index is 12.4. The van der Waals surface area contributed by atoms with E-state index < -0.39 is 5.97 Å². The summed E-state index contributed by atoms with van der Waals surface area (Å²) in [7, 11) is 0. The maximum atomic E-state index is 12.4. The molecule has 1 amide bonds. The third kappa shape index (κ3) is 3.64. The van der Waals surface area contributed by atoms with Crippen LogP contribution in [0.3, 0.4) is 0 Å². The molecule has 1 aliphatic heterocycles. The summed E-state index contributed by atoms with van der Waals surface area (Å²) in [4.78, 5) is 32.8. The second-order valence-electron chi connectivity index (χ2n) is 6.17. The van der Waals surface area contributed by atoms with Crippen molar-refractivity contribution in [2.24, 2.45) is 0 Å². The zero-order chi connectivity index (χ0) is 18.8. The molecule has 1 fully saturated rings. The van der Waals surface area contributed by atoms with Crippen LogP contribution in [0.1, 0.15) is 39.4 Å². The van der Waals surface area contributed by atoms with Crippen molar-refractivity contribution in [3.63, 3.8) is 0 Å². The Bertz CT molecular complexity index is 845. The van der Waals surface area contributed by atoms with E-state index in [1.165, 1.54) is 6.07 Å². The van der Waals surface area contributed by atoms with Crippen molar-refractivity contribution in [3.8, 4) is 0 Å². The number of hydrogen-bond acceptors (Lipinski definition) is 4. The Hall–Kier alpha value is -2.25. The van der Waals surface area contributed by atoms with Crippen molar-refractivity contribution < 1.29 is 14.7 Å². The highest BCUT2D eigenvalue weighted by atomic mass is 35.5. The van der Waals surface area contributed by atoms with E-state index in [1.807, 2.05) is 4.90 Å². The van der Waals surface area contributed by atoms with Gasteiger partial charge in [0.25, 0.3) is 5.91 Å². The number of pyridine rings is 1. The molecule has 0 aromatic carbocycles. The van der Waals surface area contributed by atoms with Gasteiger partial charge in [-0.25, -0.2) is 9.78 Å². The van der Waals surface area contributed by atoms with Gasteiger partial charge < -0.3 is 20.3 Å². The second kappa shape index (κ2) is 7.55. The van der Waals surface area contributed by atoms with Gasteiger partial charge in [0.2, 0.25) is 0 Å². The zero-order valence-electron chi connectivity index (χ0n) is 14.1. The van der Waals surface area contributed by atoms with Crippen LogP contribution in [0.5, 0.6) is 0 Å². The van der Waals surface area contributed by atoms with Crippen LogP contribution in [-0.4, -0.2) is 46.1 Å². The molecular formula is C17H18Cl2N4O3. The standard InChI is InChI=1S/C17H18Cl2N4O3/c1-9-12(18)13(19)14(21-9)16(24)22-10-4-7-23(8-5-10)15-11(17(25)26)3-2-6-20-15/h2-3,6,10,21H,4-5,7-8H2,1H3,(H,22,24)(H,25,26). The first kappa shape index (κ1) is 18.5. The monoisotopic (exact) mass is 396 g/mol. The number of aromatic nitrogens is 2. The Kier molecular flexibility index (Phi) is 5.38. The number of H-pyrrole nitrogens is 1. The average Bonchev–Trinajstić information content (AvgIpc) is 2.90. The Morgan fingerprint density at radius 3 is 2.58 bits per heavy atom. The van der Waals surface area contributed by atoms with Gasteiger partial charge in [0.05, 0.1) is 10.0 Å². The largest absolute Gasteiger partial charge is 0.478 e. The van der Waals surface area contributed by atoms with E-state index in [-0.39, 0.29) is 28.2 Å². The molecule has 2 aromatic rings. The molecule has 3 N–H and O–H groups in total. The Balaban J connectivity index is 1.63. The maximum Gasteiger partial charge on any atom is 0.339 e. The molecule has 0 saturated carbocycles. The first-order valence-electron chi connectivity index (χ1n) is 8.16. The quantitative estimate of drug-likeness (QED) is 0.737. The minimum absolute atomic E-state index is 0.0332. The third-order valence-electron chi connectivity index (χ3n) is 4.43. The van der Waals surface area contributed by atoms with Gasteiger partial charge in [-0.2, -0.15) is 0 Å². The number of halogens is 2. The highest BCUT2D eigenvalue weighted by Crippen LogP contribution is 2.29. The summed E-state index contributed by atoms with van der Waals surface area (Å²) >= 11 is 12.1. The van der Waals surface area contributed by atoms with Gasteiger partial charge in [0.15, 0.2) is 0 Å². The van der Waals surface area contributed by atoms with Crippen LogP contribution < -0.4 is 10.2 Å². The number of piperidine rings is 1. The summed E-state index contributed by atoms with van der Waals surface area (Å²) in [6, 6.07) is 3.11. The Morgan fingerprint density at radius 2 is 2.00 bits per heavy atom. The molecule has 0 unspecified atom stereocenters. The molecule has 138 valence electrons. The van der Waals surface area contributed by atoms with Gasteiger partial charge in [0.1, 0.15) is 17.1 Å². The van der Waals surface area contributed by atoms with Crippen molar-refractivity contribution in [3.05, 3.63) is 45.3 Å². The molecule has 0 atom stereocenters. The van der Waals surface area contributed by atoms with Crippen molar-refractivity contribution in [2.45, 2.75) is 25.8 Å². The molecule has 3 rings (SSSR count). The molecule has 26 heavy (non-hydrogen) atoms. The number of nitrogens with zero attached hydrogens (tertiary/aromatic N) is 2. The summed E-state index contributed by atoms with van der Waals surface area (Å²) < 4.78 is 0. The van der Waals surface area contributed by atoms with Crippen LogP contribution >= 0.6 is 23.2 Å². The lowest BCUT2D eigenvalue weighted by Crippen LogP contribution is -2.45. The number of amides is 1. The summed E-state index contributed by atoms with van der Waals surface area (Å²) in [6.45, 7) is 2.94. The van der Waals surface area contributed by atoms with E-state index in [0.29, 0.717) is 42.5 Å². The second-order valence-corrected chi connectivity index (χ2v) is 6.92. The topological polar surface area (TPSA) is 98.3 Å². The fourth-order valence-electron chi connectivity index (χ4n) is 3.04. The number of carboxylic acid groups (broad SMARTS) is 1. The van der Waals surface area contributed by atoms with Crippen LogP contribution in [0.25, 0.3) is 0 Å². The van der Waals surface area contributed by atoms with E-state index in [4.69, 9.17) is 23.2 Å². The van der Waals surface area contributed by atoms with Crippen molar-refractivity contribution >= 4 is 40.9 Å². The Morgan fingerprint density at radius 1 is 1.31 bits per heavy atom. The van der Waals surface area contributed by atoms with E-state index in [2.05, 4.69) is 15.3 Å². The summed E-state index contributed by atoms with van der Waals surface area (Å²) in [5.74, 6) is -0.843. The van der Waals surface area contributed by atoms with Crippen LogP contribution in [0.15, 0.2) is 18.3 Å². The molecule has 9 heteroatoms. The number of anilines is 1. The molecule has 0 aliphatic carbocycles. The van der Waals surface area contributed by atoms with Gasteiger partial charge in [-0.05, 0) is 31.9 Å². The Labute approximate surface area is 160 Å². The average molecular weight is 397 g/mol. The number of hydrogen-bond donors (Lipinski definition) is 3. The lowest BCUT2D eigenvalue weighted by Gasteiger charge is -2.33. The molecule has 0 radical (unpaired) electrons. The number of aromatic amines is 1. The van der Waals surface area contributed by atoms with Gasteiger partial charge in [0, 0.05) is 31.0 Å². The fourth-order valence-corrected chi connectivity index (χ4v) is 3.45. The normalized spacial score (nSPS) is 15.1. The number of carboxylic acids is 1. The van der Waals surface area contributed by atoms with Crippen molar-refractivity contribution in [1.82, 2.24) is 15.3 Å².